The fourth-order valence-electron chi connectivity index (χ4n) is 1.63. The van der Waals surface area contributed by atoms with Crippen molar-refractivity contribution in [3.8, 4) is 0 Å². The van der Waals surface area contributed by atoms with Crippen molar-refractivity contribution in [2.45, 2.75) is 44.9 Å². The van der Waals surface area contributed by atoms with Crippen LogP contribution in [-0.4, -0.2) is 6.00 Å². The van der Waals surface area contributed by atoms with E-state index in [4.69, 9.17) is 33.2 Å². The molecule has 0 aromatic rings. The molecule has 0 spiro atoms. The minimum absolute atomic E-state index is 1.00. The smallest absolute Gasteiger partial charge is 0.121 e. The maximum Gasteiger partial charge on any atom is 0.368 e. The Balaban J connectivity index is 2.57. The summed E-state index contributed by atoms with van der Waals surface area (Å²) in [5.74, 6) is 0. The average Bonchev–Trinajstić information content (AvgIpc) is 2.14. The summed E-state index contributed by atoms with van der Waals surface area (Å²) in [6, 6.07) is -2.56. The van der Waals surface area contributed by atoms with Gasteiger partial charge in [-0.1, -0.05) is 25.3 Å². The van der Waals surface area contributed by atoms with E-state index in [0.717, 1.165) is 18.0 Å². The average molecular weight is 258 g/mol. The molecular formula is C9H15Cl3Si. The van der Waals surface area contributed by atoms with Crippen molar-refractivity contribution in [3.63, 3.8) is 0 Å². The molecule has 1 aliphatic rings. The molecule has 0 aliphatic heterocycles. The van der Waals surface area contributed by atoms with Crippen LogP contribution >= 0.6 is 33.2 Å². The van der Waals surface area contributed by atoms with Crippen molar-refractivity contribution in [2.75, 3.05) is 0 Å². The van der Waals surface area contributed by atoms with E-state index in [-0.39, 0.29) is 0 Å². The van der Waals surface area contributed by atoms with Gasteiger partial charge in [0.25, 0.3) is 0 Å². The first-order chi connectivity index (χ1) is 6.11. The number of halogens is 3. The quantitative estimate of drug-likeness (QED) is 0.465. The first kappa shape index (κ1) is 11.9. The van der Waals surface area contributed by atoms with E-state index < -0.39 is 6.00 Å². The van der Waals surface area contributed by atoms with Gasteiger partial charge >= 0.3 is 6.00 Å². The van der Waals surface area contributed by atoms with Gasteiger partial charge in [-0.3, -0.25) is 0 Å². The Morgan fingerprint density at radius 1 is 0.923 bits per heavy atom. The predicted molar refractivity (Wildman–Crippen MR) is 63.7 cm³/mol. The second kappa shape index (κ2) is 5.65. The minimum Gasteiger partial charge on any atom is -0.121 e. The Kier molecular flexibility index (Phi) is 5.17. The molecule has 0 radical (unpaired) electrons. The van der Waals surface area contributed by atoms with E-state index in [1.807, 2.05) is 0 Å². The van der Waals surface area contributed by atoms with Gasteiger partial charge in [-0.25, -0.2) is 0 Å². The van der Waals surface area contributed by atoms with Crippen molar-refractivity contribution in [1.29, 1.82) is 0 Å². The van der Waals surface area contributed by atoms with Crippen LogP contribution in [0.3, 0.4) is 0 Å². The molecular weight excluding hydrogens is 243 g/mol. The molecule has 76 valence electrons. The number of rotatable bonds is 1. The summed E-state index contributed by atoms with van der Waals surface area (Å²) in [6.45, 7) is 0. The third-order valence-electron chi connectivity index (χ3n) is 2.41. The zero-order valence-electron chi connectivity index (χ0n) is 7.66. The van der Waals surface area contributed by atoms with Crippen molar-refractivity contribution in [1.82, 2.24) is 0 Å². The van der Waals surface area contributed by atoms with Crippen molar-refractivity contribution in [3.05, 3.63) is 11.3 Å². The first-order valence-corrected chi connectivity index (χ1v) is 9.90. The molecule has 0 amide bonds. The molecule has 13 heavy (non-hydrogen) atoms. The van der Waals surface area contributed by atoms with Gasteiger partial charge in [0.15, 0.2) is 0 Å². The van der Waals surface area contributed by atoms with Crippen LogP contribution in [0.5, 0.6) is 0 Å². The highest BCUT2D eigenvalue weighted by atomic mass is 35.8. The van der Waals surface area contributed by atoms with Gasteiger partial charge in [-0.15, -0.1) is 33.2 Å². The highest BCUT2D eigenvalue weighted by Crippen LogP contribution is 2.33. The zero-order valence-corrected chi connectivity index (χ0v) is 10.9. The lowest BCUT2D eigenvalue weighted by atomic mass is 10.1. The largest absolute Gasteiger partial charge is 0.368 e. The molecule has 1 rings (SSSR count). The van der Waals surface area contributed by atoms with Crippen LogP contribution in [0.2, 0.25) is 0 Å². The van der Waals surface area contributed by atoms with E-state index in [9.17, 15) is 0 Å². The Morgan fingerprint density at radius 2 is 1.54 bits per heavy atom. The SMILES string of the molecule is Cl[Si](Cl)(Cl)/C1=C/CCCCCCC1. The monoisotopic (exact) mass is 256 g/mol. The predicted octanol–water partition coefficient (Wildman–Crippen LogP) is 4.85. The van der Waals surface area contributed by atoms with Crippen LogP contribution in [0.25, 0.3) is 0 Å². The molecule has 0 aromatic heterocycles. The summed E-state index contributed by atoms with van der Waals surface area (Å²) >= 11 is 18.0. The van der Waals surface area contributed by atoms with Crippen LogP contribution in [0.1, 0.15) is 44.9 Å². The number of hydrogen-bond donors (Lipinski definition) is 0. The lowest BCUT2D eigenvalue weighted by Crippen LogP contribution is -2.14. The van der Waals surface area contributed by atoms with E-state index in [1.165, 1.54) is 32.1 Å². The van der Waals surface area contributed by atoms with Gasteiger partial charge in [-0.2, -0.15) is 0 Å². The highest BCUT2D eigenvalue weighted by molar-refractivity contribution is 7.67. The molecule has 0 nitrogen and oxygen atoms in total. The molecule has 0 atom stereocenters. The summed E-state index contributed by atoms with van der Waals surface area (Å²) in [4.78, 5) is 0. The molecule has 0 bridgehead atoms. The summed E-state index contributed by atoms with van der Waals surface area (Å²) in [5.41, 5.74) is 0. The van der Waals surface area contributed by atoms with Gasteiger partial charge in [-0.05, 0) is 30.9 Å². The van der Waals surface area contributed by atoms with E-state index in [2.05, 4.69) is 6.08 Å². The maximum atomic E-state index is 5.99. The summed E-state index contributed by atoms with van der Waals surface area (Å²) < 4.78 is 0. The Labute approximate surface area is 95.4 Å². The van der Waals surface area contributed by atoms with Gasteiger partial charge in [0.05, 0.1) is 0 Å². The summed E-state index contributed by atoms with van der Waals surface area (Å²) in [6.07, 6.45) is 10.6. The third kappa shape index (κ3) is 4.73. The molecule has 0 aromatic carbocycles. The second-order valence-corrected chi connectivity index (χ2v) is 12.0. The van der Waals surface area contributed by atoms with Gasteiger partial charge < -0.3 is 0 Å². The van der Waals surface area contributed by atoms with Crippen LogP contribution in [0.15, 0.2) is 11.3 Å². The minimum atomic E-state index is -2.56. The fourth-order valence-corrected chi connectivity index (χ4v) is 4.01. The molecule has 0 fully saturated rings. The van der Waals surface area contributed by atoms with Gasteiger partial charge in [0, 0.05) is 0 Å². The van der Waals surface area contributed by atoms with E-state index >= 15 is 0 Å². The van der Waals surface area contributed by atoms with Crippen LogP contribution in [0, 0.1) is 0 Å². The number of hydrogen-bond acceptors (Lipinski definition) is 0. The normalized spacial score (nSPS) is 25.3. The number of allylic oxidation sites excluding steroid dienone is 2. The molecule has 4 heteroatoms. The molecule has 0 N–H and O–H groups in total. The molecule has 0 saturated heterocycles. The lowest BCUT2D eigenvalue weighted by Gasteiger charge is -2.12. The Bertz CT molecular complexity index is 184. The zero-order chi connectivity index (χ0) is 9.73. The van der Waals surface area contributed by atoms with Crippen molar-refractivity contribution < 1.29 is 0 Å². The lowest BCUT2D eigenvalue weighted by molar-refractivity contribution is 0.631. The standard InChI is InChI=1S/C9H15Cl3Si/c10-13(11,12)9-7-5-3-1-2-4-6-8-9/h7H,1-6,8H2/b9-7+. The highest BCUT2D eigenvalue weighted by Gasteiger charge is 2.29. The molecule has 0 unspecified atom stereocenters. The fraction of sp³-hybridized carbons (Fsp3) is 0.778. The van der Waals surface area contributed by atoms with Gasteiger partial charge in [0.1, 0.15) is 0 Å². The van der Waals surface area contributed by atoms with Crippen LogP contribution in [0.4, 0.5) is 0 Å². The maximum absolute atomic E-state index is 5.99. The summed E-state index contributed by atoms with van der Waals surface area (Å²) in [5, 5.41) is 1.12. The van der Waals surface area contributed by atoms with Crippen LogP contribution < -0.4 is 0 Å². The van der Waals surface area contributed by atoms with Gasteiger partial charge in [0.2, 0.25) is 0 Å². The summed E-state index contributed by atoms with van der Waals surface area (Å²) in [7, 11) is 0. The van der Waals surface area contributed by atoms with Crippen molar-refractivity contribution >= 4 is 39.2 Å². The van der Waals surface area contributed by atoms with Crippen LogP contribution in [-0.2, 0) is 0 Å². The van der Waals surface area contributed by atoms with E-state index in [0.29, 0.717) is 0 Å². The topological polar surface area (TPSA) is 0 Å². The molecule has 0 heterocycles. The molecule has 0 saturated carbocycles. The van der Waals surface area contributed by atoms with E-state index in [1.54, 1.807) is 0 Å². The Morgan fingerprint density at radius 3 is 2.23 bits per heavy atom. The molecule has 1 aliphatic carbocycles. The van der Waals surface area contributed by atoms with Crippen molar-refractivity contribution in [2.24, 2.45) is 0 Å². The Hall–Kier alpha value is 0.827. The second-order valence-electron chi connectivity index (χ2n) is 3.53. The first-order valence-electron chi connectivity index (χ1n) is 4.87. The third-order valence-corrected chi connectivity index (χ3v) is 5.77.